The number of halogens is 1. The van der Waals surface area contributed by atoms with E-state index >= 15 is 0 Å². The number of anilines is 1. The SMILES string of the molecule is N#C/C(=C\c1ccccc1F)C(=O)Nc1ccc2c(c1)OCO2. The average Bonchev–Trinajstić information content (AvgIpc) is 3.01. The monoisotopic (exact) mass is 310 g/mol. The molecule has 0 unspecified atom stereocenters. The topological polar surface area (TPSA) is 71.4 Å². The molecule has 0 aliphatic carbocycles. The van der Waals surface area contributed by atoms with E-state index in [9.17, 15) is 9.18 Å². The fourth-order valence-corrected chi connectivity index (χ4v) is 2.07. The molecule has 114 valence electrons. The van der Waals surface area contributed by atoms with Crippen LogP contribution in [0.2, 0.25) is 0 Å². The summed E-state index contributed by atoms with van der Waals surface area (Å²) in [6.07, 6.45) is 1.21. The second kappa shape index (κ2) is 6.20. The first-order chi connectivity index (χ1) is 11.2. The number of hydrogen-bond acceptors (Lipinski definition) is 4. The average molecular weight is 310 g/mol. The smallest absolute Gasteiger partial charge is 0.266 e. The standard InChI is InChI=1S/C17H11FN2O3/c18-14-4-2-1-3-11(14)7-12(9-19)17(21)20-13-5-6-15-16(8-13)23-10-22-15/h1-8H,10H2,(H,20,21)/b12-7+. The summed E-state index contributed by atoms with van der Waals surface area (Å²) in [5.74, 6) is -0.0319. The van der Waals surface area contributed by atoms with Crippen LogP contribution in [0.25, 0.3) is 6.08 Å². The third kappa shape index (κ3) is 3.14. The minimum absolute atomic E-state index is 0.128. The van der Waals surface area contributed by atoms with Crippen LogP contribution in [0.5, 0.6) is 11.5 Å². The molecule has 5 nitrogen and oxygen atoms in total. The minimum Gasteiger partial charge on any atom is -0.454 e. The van der Waals surface area contributed by atoms with E-state index in [0.29, 0.717) is 17.2 Å². The van der Waals surface area contributed by atoms with Gasteiger partial charge in [0.05, 0.1) is 0 Å². The Morgan fingerprint density at radius 1 is 1.22 bits per heavy atom. The Morgan fingerprint density at radius 3 is 2.78 bits per heavy atom. The Balaban J connectivity index is 1.81. The summed E-state index contributed by atoms with van der Waals surface area (Å²) in [5, 5.41) is 11.7. The minimum atomic E-state index is -0.630. The second-order valence-electron chi connectivity index (χ2n) is 4.71. The van der Waals surface area contributed by atoms with E-state index in [-0.39, 0.29) is 17.9 Å². The molecule has 1 heterocycles. The lowest BCUT2D eigenvalue weighted by atomic mass is 10.1. The fourth-order valence-electron chi connectivity index (χ4n) is 2.07. The number of benzene rings is 2. The van der Waals surface area contributed by atoms with Crippen molar-refractivity contribution in [2.24, 2.45) is 0 Å². The van der Waals surface area contributed by atoms with E-state index in [4.69, 9.17) is 14.7 Å². The highest BCUT2D eigenvalue weighted by Gasteiger charge is 2.16. The molecule has 1 N–H and O–H groups in total. The van der Waals surface area contributed by atoms with Gasteiger partial charge in [-0.25, -0.2) is 4.39 Å². The van der Waals surface area contributed by atoms with Crippen molar-refractivity contribution < 1.29 is 18.7 Å². The van der Waals surface area contributed by atoms with Crippen LogP contribution in [0.15, 0.2) is 48.0 Å². The number of nitrogens with one attached hydrogen (secondary N) is 1. The molecule has 0 atom stereocenters. The summed E-state index contributed by atoms with van der Waals surface area (Å²) in [7, 11) is 0. The highest BCUT2D eigenvalue weighted by molar-refractivity contribution is 6.09. The third-order valence-corrected chi connectivity index (χ3v) is 3.20. The van der Waals surface area contributed by atoms with Crippen LogP contribution >= 0.6 is 0 Å². The summed E-state index contributed by atoms with van der Waals surface area (Å²) in [5.41, 5.74) is 0.423. The van der Waals surface area contributed by atoms with E-state index in [1.54, 1.807) is 30.3 Å². The Morgan fingerprint density at radius 2 is 2.00 bits per heavy atom. The molecule has 0 spiro atoms. The molecule has 0 radical (unpaired) electrons. The number of nitrogens with zero attached hydrogens (tertiary/aromatic N) is 1. The van der Waals surface area contributed by atoms with Gasteiger partial charge in [0.1, 0.15) is 17.5 Å². The number of nitriles is 1. The maximum absolute atomic E-state index is 13.6. The van der Waals surface area contributed by atoms with Crippen LogP contribution in [-0.4, -0.2) is 12.7 Å². The first kappa shape index (κ1) is 14.6. The molecule has 23 heavy (non-hydrogen) atoms. The van der Waals surface area contributed by atoms with Crippen LogP contribution in [0, 0.1) is 17.1 Å². The molecule has 0 bridgehead atoms. The molecule has 1 aliphatic heterocycles. The Hall–Kier alpha value is -3.33. The zero-order chi connectivity index (χ0) is 16.2. The molecule has 2 aromatic rings. The van der Waals surface area contributed by atoms with E-state index in [1.807, 2.05) is 0 Å². The van der Waals surface area contributed by atoms with Crippen LogP contribution < -0.4 is 14.8 Å². The zero-order valence-corrected chi connectivity index (χ0v) is 11.9. The van der Waals surface area contributed by atoms with Gasteiger partial charge in [0.15, 0.2) is 11.5 Å². The maximum atomic E-state index is 13.6. The summed E-state index contributed by atoms with van der Waals surface area (Å²) < 4.78 is 24.0. The molecule has 1 aliphatic rings. The van der Waals surface area contributed by atoms with Gasteiger partial charge in [-0.05, 0) is 24.3 Å². The number of amides is 1. The number of carbonyl (C=O) groups excluding carboxylic acids is 1. The summed E-state index contributed by atoms with van der Waals surface area (Å²) in [6.45, 7) is 0.128. The molecule has 2 aromatic carbocycles. The lowest BCUT2D eigenvalue weighted by Gasteiger charge is -2.05. The number of rotatable bonds is 3. The highest BCUT2D eigenvalue weighted by atomic mass is 19.1. The number of ether oxygens (including phenoxy) is 2. The first-order valence-electron chi connectivity index (χ1n) is 6.75. The number of carbonyl (C=O) groups is 1. The van der Waals surface area contributed by atoms with Crippen molar-refractivity contribution in [3.63, 3.8) is 0 Å². The molecule has 0 saturated carbocycles. The quantitative estimate of drug-likeness (QED) is 0.698. The van der Waals surface area contributed by atoms with Gasteiger partial charge >= 0.3 is 0 Å². The molecule has 6 heteroatoms. The molecule has 0 saturated heterocycles. The van der Waals surface area contributed by atoms with Crippen molar-refractivity contribution in [1.82, 2.24) is 0 Å². The summed E-state index contributed by atoms with van der Waals surface area (Å²) >= 11 is 0. The number of hydrogen-bond donors (Lipinski definition) is 1. The second-order valence-corrected chi connectivity index (χ2v) is 4.71. The van der Waals surface area contributed by atoms with E-state index < -0.39 is 11.7 Å². The van der Waals surface area contributed by atoms with Crippen LogP contribution in [0.4, 0.5) is 10.1 Å². The fraction of sp³-hybridized carbons (Fsp3) is 0.0588. The lowest BCUT2D eigenvalue weighted by molar-refractivity contribution is -0.112. The van der Waals surface area contributed by atoms with Crippen LogP contribution in [0.1, 0.15) is 5.56 Å². The van der Waals surface area contributed by atoms with E-state index in [2.05, 4.69) is 5.32 Å². The largest absolute Gasteiger partial charge is 0.454 e. The van der Waals surface area contributed by atoms with Gasteiger partial charge in [-0.1, -0.05) is 18.2 Å². The predicted molar refractivity (Wildman–Crippen MR) is 81.2 cm³/mol. The molecule has 3 rings (SSSR count). The molecule has 1 amide bonds. The molecule has 0 fully saturated rings. The van der Waals surface area contributed by atoms with Crippen molar-refractivity contribution in [2.75, 3.05) is 12.1 Å². The lowest BCUT2D eigenvalue weighted by Crippen LogP contribution is -2.13. The predicted octanol–water partition coefficient (Wildman–Crippen LogP) is 3.10. The molecular weight excluding hydrogens is 299 g/mol. The van der Waals surface area contributed by atoms with Crippen molar-refractivity contribution in [3.05, 3.63) is 59.4 Å². The maximum Gasteiger partial charge on any atom is 0.266 e. The number of fused-ring (bicyclic) bond motifs is 1. The summed E-state index contributed by atoms with van der Waals surface area (Å²) in [6, 6.07) is 12.6. The molecule has 0 aromatic heterocycles. The van der Waals surface area contributed by atoms with E-state index in [0.717, 1.165) is 0 Å². The third-order valence-electron chi connectivity index (χ3n) is 3.20. The van der Waals surface area contributed by atoms with Crippen molar-refractivity contribution in [3.8, 4) is 17.6 Å². The van der Waals surface area contributed by atoms with Crippen LogP contribution in [-0.2, 0) is 4.79 Å². The van der Waals surface area contributed by atoms with Gasteiger partial charge in [-0.2, -0.15) is 5.26 Å². The summed E-state index contributed by atoms with van der Waals surface area (Å²) in [4.78, 5) is 12.2. The first-order valence-corrected chi connectivity index (χ1v) is 6.75. The molecular formula is C17H11FN2O3. The van der Waals surface area contributed by atoms with Crippen molar-refractivity contribution in [1.29, 1.82) is 5.26 Å². The van der Waals surface area contributed by atoms with E-state index in [1.165, 1.54) is 24.3 Å². The van der Waals surface area contributed by atoms with Crippen LogP contribution in [0.3, 0.4) is 0 Å². The van der Waals surface area contributed by atoms with Gasteiger partial charge in [0, 0.05) is 17.3 Å². The Labute approximate surface area is 131 Å². The van der Waals surface area contributed by atoms with Gasteiger partial charge in [0.25, 0.3) is 5.91 Å². The normalized spacial score (nSPS) is 12.6. The Kier molecular flexibility index (Phi) is 3.93. The van der Waals surface area contributed by atoms with Crippen molar-refractivity contribution >= 4 is 17.7 Å². The highest BCUT2D eigenvalue weighted by Crippen LogP contribution is 2.34. The van der Waals surface area contributed by atoms with Crippen molar-refractivity contribution in [2.45, 2.75) is 0 Å². The zero-order valence-electron chi connectivity index (χ0n) is 11.9. The van der Waals surface area contributed by atoms with Gasteiger partial charge in [-0.15, -0.1) is 0 Å². The van der Waals surface area contributed by atoms with Gasteiger partial charge in [-0.3, -0.25) is 4.79 Å². The van der Waals surface area contributed by atoms with Gasteiger partial charge in [0.2, 0.25) is 6.79 Å². The Bertz CT molecular complexity index is 840. The van der Waals surface area contributed by atoms with Gasteiger partial charge < -0.3 is 14.8 Å².